The first kappa shape index (κ1) is 13.7. The lowest BCUT2D eigenvalue weighted by Crippen LogP contribution is -2.46. The molecule has 0 radical (unpaired) electrons. The lowest BCUT2D eigenvalue weighted by Gasteiger charge is -2.17. The van der Waals surface area contributed by atoms with Crippen molar-refractivity contribution in [2.75, 3.05) is 0 Å². The monoisotopic (exact) mass is 281 g/mol. The predicted octanol–water partition coefficient (Wildman–Crippen LogP) is 1.90. The van der Waals surface area contributed by atoms with Crippen LogP contribution in [0.4, 0.5) is 0 Å². The summed E-state index contributed by atoms with van der Waals surface area (Å²) in [5, 5.41) is 14.9. The molecule has 1 unspecified atom stereocenters. The van der Waals surface area contributed by atoms with Crippen molar-refractivity contribution in [3.63, 3.8) is 0 Å². The zero-order valence-corrected chi connectivity index (χ0v) is 11.3. The quantitative estimate of drug-likeness (QED) is 0.341. The van der Waals surface area contributed by atoms with Crippen LogP contribution in [0.25, 0.3) is 0 Å². The summed E-state index contributed by atoms with van der Waals surface area (Å²) in [4.78, 5) is 12.2. The predicted molar refractivity (Wildman–Crippen MR) is 73.6 cm³/mol. The number of benzene rings is 1. The van der Waals surface area contributed by atoms with Gasteiger partial charge in [-0.05, 0) is 37.3 Å². The summed E-state index contributed by atoms with van der Waals surface area (Å²) in [6.45, 7) is 1.83. The Bertz CT molecular complexity index is 527. The minimum absolute atomic E-state index is 0.0274. The summed E-state index contributed by atoms with van der Waals surface area (Å²) in [6.07, 6.45) is 1.92. The molecule has 4 N–H and O–H groups in total. The fraction of sp³-hybridized carbons (Fsp3) is 0.385. The second-order valence-electron chi connectivity index (χ2n) is 4.75. The van der Waals surface area contributed by atoms with Gasteiger partial charge in [-0.2, -0.15) is 0 Å². The highest BCUT2D eigenvalue weighted by Crippen LogP contribution is 2.33. The van der Waals surface area contributed by atoms with Gasteiger partial charge >= 0.3 is 0 Å². The van der Waals surface area contributed by atoms with Crippen molar-refractivity contribution in [3.05, 3.63) is 34.3 Å². The minimum Gasteiger partial charge on any atom is -0.409 e. The number of aryl methyl sites for hydroxylation is 1. The highest BCUT2D eigenvalue weighted by Gasteiger charge is 2.35. The lowest BCUT2D eigenvalue weighted by atomic mass is 10.1. The first-order chi connectivity index (χ1) is 9.04. The van der Waals surface area contributed by atoms with Crippen LogP contribution in [0.3, 0.4) is 0 Å². The molecule has 0 aliphatic heterocycles. The number of amides is 1. The number of nitrogens with zero attached hydrogens (tertiary/aromatic N) is 1. The molecule has 1 fully saturated rings. The summed E-state index contributed by atoms with van der Waals surface area (Å²) in [7, 11) is 0. The largest absolute Gasteiger partial charge is 0.409 e. The molecular formula is C13H16ClN3O2. The summed E-state index contributed by atoms with van der Waals surface area (Å²) >= 11 is 6.11. The van der Waals surface area contributed by atoms with Crippen LogP contribution in [0.5, 0.6) is 0 Å². The summed E-state index contributed by atoms with van der Waals surface area (Å²) < 4.78 is 0. The average molecular weight is 282 g/mol. The second-order valence-corrected chi connectivity index (χ2v) is 5.13. The molecule has 6 heteroatoms. The number of halogens is 1. The highest BCUT2D eigenvalue weighted by atomic mass is 35.5. The van der Waals surface area contributed by atoms with Gasteiger partial charge in [-0.3, -0.25) is 4.79 Å². The summed E-state index contributed by atoms with van der Waals surface area (Å²) in [5.74, 6) is -0.0414. The summed E-state index contributed by atoms with van der Waals surface area (Å²) in [5.41, 5.74) is 6.84. The van der Waals surface area contributed by atoms with Crippen LogP contribution in [0.15, 0.2) is 23.4 Å². The number of hydrogen-bond donors (Lipinski definition) is 3. The van der Waals surface area contributed by atoms with Gasteiger partial charge in [-0.1, -0.05) is 28.9 Å². The van der Waals surface area contributed by atoms with E-state index in [2.05, 4.69) is 10.5 Å². The lowest BCUT2D eigenvalue weighted by molar-refractivity contribution is 0.0943. The second kappa shape index (κ2) is 5.48. The smallest absolute Gasteiger partial charge is 0.253 e. The van der Waals surface area contributed by atoms with Gasteiger partial charge in [0.25, 0.3) is 5.91 Å². The van der Waals surface area contributed by atoms with Gasteiger partial charge in [0.05, 0.1) is 16.6 Å². The van der Waals surface area contributed by atoms with E-state index >= 15 is 0 Å². The molecule has 1 amide bonds. The maximum absolute atomic E-state index is 12.2. The van der Waals surface area contributed by atoms with E-state index in [1.165, 1.54) is 0 Å². The Morgan fingerprint density at radius 2 is 2.26 bits per heavy atom. The maximum Gasteiger partial charge on any atom is 0.253 e. The Kier molecular flexibility index (Phi) is 3.95. The zero-order chi connectivity index (χ0) is 14.0. The molecule has 5 nitrogen and oxygen atoms in total. The molecule has 0 spiro atoms. The number of oxime groups is 1. The van der Waals surface area contributed by atoms with Gasteiger partial charge in [0.2, 0.25) is 0 Å². The molecule has 1 aliphatic rings. The van der Waals surface area contributed by atoms with E-state index in [9.17, 15) is 4.79 Å². The number of nitrogens with two attached hydrogens (primary N) is 1. The van der Waals surface area contributed by atoms with Crippen LogP contribution in [0.1, 0.15) is 28.8 Å². The van der Waals surface area contributed by atoms with Crippen molar-refractivity contribution < 1.29 is 10.0 Å². The molecule has 102 valence electrons. The molecular weight excluding hydrogens is 266 g/mol. The first-order valence-corrected chi connectivity index (χ1v) is 6.45. The van der Waals surface area contributed by atoms with Crippen LogP contribution < -0.4 is 11.1 Å². The van der Waals surface area contributed by atoms with Crippen LogP contribution in [-0.2, 0) is 0 Å². The zero-order valence-electron chi connectivity index (χ0n) is 10.6. The van der Waals surface area contributed by atoms with Gasteiger partial charge in [0, 0.05) is 0 Å². The van der Waals surface area contributed by atoms with E-state index < -0.39 is 6.04 Å². The van der Waals surface area contributed by atoms with Gasteiger partial charge in [-0.15, -0.1) is 0 Å². The third-order valence-corrected chi connectivity index (χ3v) is 3.75. The normalized spacial score (nSPS) is 17.1. The minimum atomic E-state index is -0.436. The summed E-state index contributed by atoms with van der Waals surface area (Å²) in [6, 6.07) is 4.82. The Hall–Kier alpha value is -1.75. The van der Waals surface area contributed by atoms with Crippen LogP contribution in [-0.4, -0.2) is 23.0 Å². The number of rotatable bonds is 4. The number of nitrogens with one attached hydrogen (secondary N) is 1. The third-order valence-electron chi connectivity index (χ3n) is 3.25. The molecule has 0 heterocycles. The fourth-order valence-electron chi connectivity index (χ4n) is 1.97. The van der Waals surface area contributed by atoms with Crippen molar-refractivity contribution in [2.24, 2.45) is 16.8 Å². The number of carbonyl (C=O) groups is 1. The molecule has 1 aliphatic carbocycles. The Balaban J connectivity index is 2.17. The third kappa shape index (κ3) is 2.98. The molecule has 1 saturated carbocycles. The molecule has 2 rings (SSSR count). The van der Waals surface area contributed by atoms with Gasteiger partial charge in [-0.25, -0.2) is 0 Å². The number of carbonyl (C=O) groups excluding carboxylic acids is 1. The Labute approximate surface area is 116 Å². The first-order valence-electron chi connectivity index (χ1n) is 6.08. The average Bonchev–Trinajstić information content (AvgIpc) is 3.22. The molecule has 1 atom stereocenters. The van der Waals surface area contributed by atoms with E-state index in [-0.39, 0.29) is 17.7 Å². The topological polar surface area (TPSA) is 87.7 Å². The van der Waals surface area contributed by atoms with Gasteiger partial charge in [0.1, 0.15) is 0 Å². The van der Waals surface area contributed by atoms with Crippen LogP contribution >= 0.6 is 11.6 Å². The molecule has 1 aromatic carbocycles. The fourth-order valence-corrected chi connectivity index (χ4v) is 2.18. The maximum atomic E-state index is 12.2. The number of amidine groups is 1. The van der Waals surface area contributed by atoms with E-state index in [1.54, 1.807) is 12.1 Å². The van der Waals surface area contributed by atoms with Crippen molar-refractivity contribution in [2.45, 2.75) is 25.8 Å². The van der Waals surface area contributed by atoms with Gasteiger partial charge in [0.15, 0.2) is 5.84 Å². The molecule has 1 aromatic rings. The van der Waals surface area contributed by atoms with E-state index in [1.807, 2.05) is 13.0 Å². The van der Waals surface area contributed by atoms with Crippen LogP contribution in [0, 0.1) is 12.8 Å². The highest BCUT2D eigenvalue weighted by molar-refractivity contribution is 6.34. The van der Waals surface area contributed by atoms with E-state index in [0.717, 1.165) is 18.4 Å². The van der Waals surface area contributed by atoms with E-state index in [0.29, 0.717) is 10.6 Å². The van der Waals surface area contributed by atoms with Gasteiger partial charge < -0.3 is 16.3 Å². The number of hydrogen-bond acceptors (Lipinski definition) is 3. The van der Waals surface area contributed by atoms with Crippen LogP contribution in [0.2, 0.25) is 5.02 Å². The van der Waals surface area contributed by atoms with Crippen molar-refractivity contribution in [1.82, 2.24) is 5.32 Å². The Morgan fingerprint density at radius 3 is 2.84 bits per heavy atom. The van der Waals surface area contributed by atoms with E-state index in [4.69, 9.17) is 22.5 Å². The van der Waals surface area contributed by atoms with Crippen molar-refractivity contribution in [1.29, 1.82) is 0 Å². The molecule has 0 saturated heterocycles. The van der Waals surface area contributed by atoms with Crippen molar-refractivity contribution >= 4 is 23.3 Å². The molecule has 19 heavy (non-hydrogen) atoms. The molecule has 0 bridgehead atoms. The molecule has 0 aromatic heterocycles. The van der Waals surface area contributed by atoms with Crippen molar-refractivity contribution in [3.8, 4) is 0 Å². The Morgan fingerprint density at radius 1 is 1.58 bits per heavy atom. The standard InChI is InChI=1S/C13H16ClN3O2/c1-7-3-2-4-9(10(7)14)13(18)16-11(8-5-6-8)12(15)17-19/h2-4,8,11,19H,5-6H2,1H3,(H2,15,17)(H,16,18). The SMILES string of the molecule is Cc1cccc(C(=O)NC(/C(N)=N/O)C2CC2)c1Cl.